The number of nitriles is 1. The van der Waals surface area contributed by atoms with Crippen molar-refractivity contribution in [3.8, 4) is 11.8 Å². The van der Waals surface area contributed by atoms with Crippen molar-refractivity contribution < 1.29 is 37.3 Å². The molecule has 210 valence electrons. The van der Waals surface area contributed by atoms with E-state index in [-0.39, 0.29) is 24.5 Å². The van der Waals surface area contributed by atoms with Gasteiger partial charge in [-0.1, -0.05) is 37.5 Å². The molecule has 0 saturated heterocycles. The average Bonchev–Trinajstić information content (AvgIpc) is 2.87. The highest BCUT2D eigenvalue weighted by Crippen LogP contribution is 2.38. The number of esters is 1. The Bertz CT molecular complexity index is 1230. The van der Waals surface area contributed by atoms with E-state index in [0.717, 1.165) is 25.3 Å². The van der Waals surface area contributed by atoms with Crippen LogP contribution in [0.1, 0.15) is 69.6 Å². The molecule has 3 rings (SSSR count). The zero-order chi connectivity index (χ0) is 28.8. The molecule has 0 radical (unpaired) electrons. The third-order valence-electron chi connectivity index (χ3n) is 6.58. The number of rotatable bonds is 8. The van der Waals surface area contributed by atoms with E-state index in [1.54, 1.807) is 45.0 Å². The number of benzene rings is 2. The van der Waals surface area contributed by atoms with Crippen LogP contribution in [0.3, 0.4) is 0 Å². The Morgan fingerprint density at radius 2 is 1.74 bits per heavy atom. The van der Waals surface area contributed by atoms with Gasteiger partial charge in [0.1, 0.15) is 17.0 Å². The molecule has 1 amide bonds. The molecule has 1 aliphatic rings. The molecular formula is C29H33F3N2O5. The smallest absolute Gasteiger partial charge is 0.417 e. The fraction of sp³-hybridized carbons (Fsp3) is 0.483. The van der Waals surface area contributed by atoms with E-state index in [1.807, 2.05) is 0 Å². The van der Waals surface area contributed by atoms with Gasteiger partial charge in [-0.25, -0.2) is 4.79 Å². The monoisotopic (exact) mass is 546 g/mol. The molecule has 10 heteroatoms. The molecule has 7 nitrogen and oxygen atoms in total. The first-order valence-electron chi connectivity index (χ1n) is 12.8. The lowest BCUT2D eigenvalue weighted by atomic mass is 9.73. The summed E-state index contributed by atoms with van der Waals surface area (Å²) < 4.78 is 51.4. The van der Waals surface area contributed by atoms with Gasteiger partial charge in [-0.15, -0.1) is 0 Å². The fourth-order valence-corrected chi connectivity index (χ4v) is 4.77. The number of alkyl halides is 3. The molecule has 1 unspecified atom stereocenters. The number of carbonyl (C=O) groups is 2. The van der Waals surface area contributed by atoms with Crippen LogP contribution in [0.25, 0.3) is 0 Å². The Morgan fingerprint density at radius 1 is 1.08 bits per heavy atom. The summed E-state index contributed by atoms with van der Waals surface area (Å²) in [4.78, 5) is 25.7. The lowest BCUT2D eigenvalue weighted by Gasteiger charge is -2.37. The highest BCUT2D eigenvalue weighted by molar-refractivity contribution is 5.98. The number of ether oxygens (including phenoxy) is 2. The minimum absolute atomic E-state index is 0.184. The van der Waals surface area contributed by atoms with Crippen molar-refractivity contribution in [2.75, 3.05) is 11.9 Å². The van der Waals surface area contributed by atoms with E-state index in [4.69, 9.17) is 14.7 Å². The number of nitrogens with one attached hydrogen (secondary N) is 1. The van der Waals surface area contributed by atoms with Crippen molar-refractivity contribution in [1.29, 1.82) is 5.26 Å². The van der Waals surface area contributed by atoms with Crippen LogP contribution >= 0.6 is 0 Å². The summed E-state index contributed by atoms with van der Waals surface area (Å²) in [7, 11) is 0. The van der Waals surface area contributed by atoms with Gasteiger partial charge in [0, 0.05) is 12.1 Å². The number of anilines is 1. The van der Waals surface area contributed by atoms with Crippen LogP contribution in [0.15, 0.2) is 42.5 Å². The topological polar surface area (TPSA) is 109 Å². The van der Waals surface area contributed by atoms with E-state index in [1.165, 1.54) is 12.1 Å². The molecule has 0 heterocycles. The molecule has 1 fully saturated rings. The minimum atomic E-state index is -4.80. The molecule has 2 N–H and O–H groups in total. The SMILES string of the molecule is CC(C)(C)OC(=O)COc1ccccc1CC(O)(C(=O)Nc1ccc(C#N)c(C(F)(F)F)c1)C1CCCCC1. The van der Waals surface area contributed by atoms with Crippen LogP contribution in [0, 0.1) is 17.2 Å². The third-order valence-corrected chi connectivity index (χ3v) is 6.58. The van der Waals surface area contributed by atoms with Gasteiger partial charge in [0.05, 0.1) is 17.2 Å². The molecular weight excluding hydrogens is 513 g/mol. The average molecular weight is 547 g/mol. The zero-order valence-electron chi connectivity index (χ0n) is 22.2. The maximum Gasteiger partial charge on any atom is 0.417 e. The minimum Gasteiger partial charge on any atom is -0.482 e. The summed E-state index contributed by atoms with van der Waals surface area (Å²) in [5, 5.41) is 23.4. The number of aliphatic hydroxyl groups is 1. The molecule has 1 aliphatic carbocycles. The molecule has 0 bridgehead atoms. The fourth-order valence-electron chi connectivity index (χ4n) is 4.77. The summed E-state index contributed by atoms with van der Waals surface area (Å²) >= 11 is 0. The summed E-state index contributed by atoms with van der Waals surface area (Å²) in [5.74, 6) is -1.61. The molecule has 2 aromatic rings. The predicted octanol–water partition coefficient (Wildman–Crippen LogP) is 5.79. The van der Waals surface area contributed by atoms with E-state index in [9.17, 15) is 27.9 Å². The maximum atomic E-state index is 13.6. The van der Waals surface area contributed by atoms with Crippen LogP contribution in [-0.4, -0.2) is 34.8 Å². The Balaban J connectivity index is 1.89. The molecule has 0 aliphatic heterocycles. The molecule has 0 aromatic heterocycles. The highest BCUT2D eigenvalue weighted by Gasteiger charge is 2.45. The second kappa shape index (κ2) is 12.1. The zero-order valence-corrected chi connectivity index (χ0v) is 22.2. The van der Waals surface area contributed by atoms with Gasteiger partial charge in [0.15, 0.2) is 6.61 Å². The van der Waals surface area contributed by atoms with Crippen molar-refractivity contribution in [2.24, 2.45) is 5.92 Å². The van der Waals surface area contributed by atoms with Gasteiger partial charge in [0.2, 0.25) is 0 Å². The summed E-state index contributed by atoms with van der Waals surface area (Å²) in [6.45, 7) is 4.81. The van der Waals surface area contributed by atoms with E-state index in [0.29, 0.717) is 24.5 Å². The number of hydrogen-bond acceptors (Lipinski definition) is 6. The Hall–Kier alpha value is -3.58. The Morgan fingerprint density at radius 3 is 2.36 bits per heavy atom. The van der Waals surface area contributed by atoms with Crippen molar-refractivity contribution in [3.63, 3.8) is 0 Å². The standard InChI is InChI=1S/C29H33F3N2O5/c1-27(2,3)39-25(35)18-38-24-12-8-7-9-19(24)16-28(37,21-10-5-4-6-11-21)26(36)34-22-14-13-20(17-33)23(15-22)29(30,31)32/h7-9,12-15,21,37H,4-6,10-11,16,18H2,1-3H3,(H,34,36). The van der Waals surface area contributed by atoms with Crippen LogP contribution < -0.4 is 10.1 Å². The second-order valence-electron chi connectivity index (χ2n) is 10.7. The Kier molecular flexibility index (Phi) is 9.28. The van der Waals surface area contributed by atoms with Gasteiger partial charge >= 0.3 is 12.1 Å². The first-order chi connectivity index (χ1) is 18.2. The van der Waals surface area contributed by atoms with Gasteiger partial charge < -0.3 is 19.9 Å². The number of carbonyl (C=O) groups excluding carboxylic acids is 2. The van der Waals surface area contributed by atoms with Crippen molar-refractivity contribution in [2.45, 2.75) is 76.7 Å². The normalized spacial score (nSPS) is 16.1. The van der Waals surface area contributed by atoms with E-state index >= 15 is 0 Å². The molecule has 1 saturated carbocycles. The summed E-state index contributed by atoms with van der Waals surface area (Å²) in [6, 6.07) is 11.0. The largest absolute Gasteiger partial charge is 0.482 e. The van der Waals surface area contributed by atoms with Crippen molar-refractivity contribution >= 4 is 17.6 Å². The van der Waals surface area contributed by atoms with E-state index in [2.05, 4.69) is 5.32 Å². The van der Waals surface area contributed by atoms with Crippen LogP contribution in [0.5, 0.6) is 5.75 Å². The molecule has 39 heavy (non-hydrogen) atoms. The van der Waals surface area contributed by atoms with Gasteiger partial charge in [-0.05, 0) is 69.4 Å². The second-order valence-corrected chi connectivity index (χ2v) is 10.7. The van der Waals surface area contributed by atoms with Gasteiger partial charge in [-0.2, -0.15) is 18.4 Å². The van der Waals surface area contributed by atoms with Crippen molar-refractivity contribution in [3.05, 3.63) is 59.2 Å². The van der Waals surface area contributed by atoms with Crippen molar-refractivity contribution in [1.82, 2.24) is 0 Å². The van der Waals surface area contributed by atoms with Crippen LogP contribution in [0.2, 0.25) is 0 Å². The number of amides is 1. The number of nitrogens with zero attached hydrogens (tertiary/aromatic N) is 1. The predicted molar refractivity (Wildman–Crippen MR) is 138 cm³/mol. The Labute approximate surface area is 225 Å². The first-order valence-corrected chi connectivity index (χ1v) is 12.8. The third kappa shape index (κ3) is 7.96. The summed E-state index contributed by atoms with van der Waals surface area (Å²) in [5.41, 5.74) is -4.14. The van der Waals surface area contributed by atoms with Crippen LogP contribution in [-0.2, 0) is 26.9 Å². The first kappa shape index (κ1) is 30.0. The maximum absolute atomic E-state index is 13.6. The number of hydrogen-bond donors (Lipinski definition) is 2. The van der Waals surface area contributed by atoms with E-state index < -0.39 is 46.3 Å². The van der Waals surface area contributed by atoms with Gasteiger partial charge in [0.25, 0.3) is 5.91 Å². The lowest BCUT2D eigenvalue weighted by Crippen LogP contribution is -2.51. The molecule has 0 spiro atoms. The van der Waals surface area contributed by atoms with Gasteiger partial charge in [-0.3, -0.25) is 4.79 Å². The number of para-hydroxylation sites is 1. The highest BCUT2D eigenvalue weighted by atomic mass is 19.4. The quantitative estimate of drug-likeness (QED) is 0.406. The molecule has 2 aromatic carbocycles. The lowest BCUT2D eigenvalue weighted by molar-refractivity contribution is -0.157. The summed E-state index contributed by atoms with van der Waals surface area (Å²) in [6.07, 6.45) is -1.31. The molecule has 1 atom stereocenters. The number of halogens is 3. The van der Waals surface area contributed by atoms with Crippen LogP contribution in [0.4, 0.5) is 18.9 Å².